The van der Waals surface area contributed by atoms with Crippen LogP contribution in [0.2, 0.25) is 0 Å². The van der Waals surface area contributed by atoms with Gasteiger partial charge in [-0.2, -0.15) is 0 Å². The second kappa shape index (κ2) is 6.79. The molecule has 2 aromatic carbocycles. The SMILES string of the molecule is COc1ccc(Cc2cccc3sc(C(N)=S)c(C)c23)c(OC)c1. The van der Waals surface area contributed by atoms with Crippen molar-refractivity contribution >= 4 is 38.6 Å². The molecule has 0 saturated carbocycles. The molecule has 0 radical (unpaired) electrons. The van der Waals surface area contributed by atoms with E-state index in [-0.39, 0.29) is 0 Å². The van der Waals surface area contributed by atoms with Crippen molar-refractivity contribution in [1.82, 2.24) is 0 Å². The fourth-order valence-corrected chi connectivity index (χ4v) is 4.36. The van der Waals surface area contributed by atoms with Gasteiger partial charge in [-0.25, -0.2) is 0 Å². The van der Waals surface area contributed by atoms with Gasteiger partial charge in [0.1, 0.15) is 16.5 Å². The molecule has 1 aromatic heterocycles. The van der Waals surface area contributed by atoms with Crippen LogP contribution in [-0.2, 0) is 6.42 Å². The average molecular weight is 358 g/mol. The highest BCUT2D eigenvalue weighted by molar-refractivity contribution is 7.81. The van der Waals surface area contributed by atoms with Crippen molar-refractivity contribution in [3.05, 3.63) is 58.0 Å². The predicted octanol–water partition coefficient (Wildman–Crippen LogP) is 4.45. The molecule has 0 fully saturated rings. The summed E-state index contributed by atoms with van der Waals surface area (Å²) >= 11 is 6.84. The molecule has 1 heterocycles. The number of benzene rings is 2. The summed E-state index contributed by atoms with van der Waals surface area (Å²) in [5, 5.41) is 1.24. The van der Waals surface area contributed by atoms with Gasteiger partial charge in [0, 0.05) is 17.2 Å². The number of nitrogens with two attached hydrogens (primary N) is 1. The number of rotatable bonds is 5. The molecule has 3 nitrogen and oxygen atoms in total. The first kappa shape index (κ1) is 16.7. The smallest absolute Gasteiger partial charge is 0.126 e. The van der Waals surface area contributed by atoms with Gasteiger partial charge in [-0.15, -0.1) is 11.3 Å². The van der Waals surface area contributed by atoms with Crippen molar-refractivity contribution in [2.75, 3.05) is 14.2 Å². The van der Waals surface area contributed by atoms with Crippen molar-refractivity contribution < 1.29 is 9.47 Å². The van der Waals surface area contributed by atoms with E-state index in [0.29, 0.717) is 4.99 Å². The van der Waals surface area contributed by atoms with Gasteiger partial charge in [0.2, 0.25) is 0 Å². The number of aryl methyl sites for hydroxylation is 1. The molecule has 5 heteroatoms. The summed E-state index contributed by atoms with van der Waals surface area (Å²) in [5.74, 6) is 1.62. The summed E-state index contributed by atoms with van der Waals surface area (Å²) < 4.78 is 12.0. The minimum atomic E-state index is 0.460. The topological polar surface area (TPSA) is 44.5 Å². The molecule has 0 saturated heterocycles. The van der Waals surface area contributed by atoms with E-state index in [1.54, 1.807) is 25.6 Å². The molecule has 0 bridgehead atoms. The zero-order chi connectivity index (χ0) is 17.3. The molecule has 24 heavy (non-hydrogen) atoms. The Labute approximate surface area is 151 Å². The number of fused-ring (bicyclic) bond motifs is 1. The Hall–Kier alpha value is -2.11. The van der Waals surface area contributed by atoms with Crippen LogP contribution in [0.15, 0.2) is 36.4 Å². The number of ether oxygens (including phenoxy) is 2. The van der Waals surface area contributed by atoms with Gasteiger partial charge in [-0.1, -0.05) is 30.4 Å². The first-order chi connectivity index (χ1) is 11.5. The minimum Gasteiger partial charge on any atom is -0.497 e. The van der Waals surface area contributed by atoms with E-state index in [1.165, 1.54) is 15.6 Å². The van der Waals surface area contributed by atoms with Gasteiger partial charge in [0.25, 0.3) is 0 Å². The summed E-state index contributed by atoms with van der Waals surface area (Å²) in [4.78, 5) is 1.45. The molecule has 2 N–H and O–H groups in total. The van der Waals surface area contributed by atoms with Crippen LogP contribution in [0.5, 0.6) is 11.5 Å². The van der Waals surface area contributed by atoms with E-state index in [4.69, 9.17) is 27.4 Å². The second-order valence-corrected chi connectivity index (χ2v) is 7.06. The van der Waals surface area contributed by atoms with Crippen LogP contribution in [0.1, 0.15) is 21.6 Å². The number of hydrogen-bond acceptors (Lipinski definition) is 4. The highest BCUT2D eigenvalue weighted by Gasteiger charge is 2.15. The molecule has 124 valence electrons. The van der Waals surface area contributed by atoms with Gasteiger partial charge < -0.3 is 15.2 Å². The normalized spacial score (nSPS) is 10.8. The van der Waals surface area contributed by atoms with Gasteiger partial charge in [0.05, 0.1) is 19.1 Å². The standard InChI is InChI=1S/C19H19NO2S2/c1-11-17-13(5-4-6-16(17)24-18(11)19(20)23)9-12-7-8-14(21-2)10-15(12)22-3/h4-8,10H,9H2,1-3H3,(H2,20,23). The molecule has 0 atom stereocenters. The van der Waals surface area contributed by atoms with Crippen LogP contribution in [0.4, 0.5) is 0 Å². The van der Waals surface area contributed by atoms with Gasteiger partial charge in [-0.3, -0.25) is 0 Å². The van der Waals surface area contributed by atoms with Gasteiger partial charge in [-0.05, 0) is 41.1 Å². The first-order valence-corrected chi connectivity index (χ1v) is 8.79. The Morgan fingerprint density at radius 1 is 1.12 bits per heavy atom. The summed E-state index contributed by atoms with van der Waals surface area (Å²) in [5.41, 5.74) is 9.39. The van der Waals surface area contributed by atoms with E-state index in [1.807, 2.05) is 18.2 Å². The van der Waals surface area contributed by atoms with E-state index >= 15 is 0 Å². The van der Waals surface area contributed by atoms with Crippen molar-refractivity contribution in [2.45, 2.75) is 13.3 Å². The molecule has 0 aliphatic rings. The lowest BCUT2D eigenvalue weighted by Gasteiger charge is -2.11. The maximum Gasteiger partial charge on any atom is 0.126 e. The van der Waals surface area contributed by atoms with Crippen LogP contribution >= 0.6 is 23.6 Å². The third kappa shape index (κ3) is 2.97. The van der Waals surface area contributed by atoms with Crippen LogP contribution in [0.3, 0.4) is 0 Å². The third-order valence-electron chi connectivity index (χ3n) is 4.14. The predicted molar refractivity (Wildman–Crippen MR) is 105 cm³/mol. The lowest BCUT2D eigenvalue weighted by Crippen LogP contribution is -2.08. The number of hydrogen-bond donors (Lipinski definition) is 1. The Morgan fingerprint density at radius 3 is 2.58 bits per heavy atom. The molecule has 0 unspecified atom stereocenters. The number of thiocarbonyl (C=S) groups is 1. The summed E-state index contributed by atoms with van der Waals surface area (Å²) in [6, 6.07) is 12.3. The molecular formula is C19H19NO2S2. The summed E-state index contributed by atoms with van der Waals surface area (Å²) in [6.07, 6.45) is 0.777. The monoisotopic (exact) mass is 357 g/mol. The minimum absolute atomic E-state index is 0.460. The van der Waals surface area contributed by atoms with Gasteiger partial charge in [0.15, 0.2) is 0 Å². The Balaban J connectivity index is 2.09. The van der Waals surface area contributed by atoms with E-state index < -0.39 is 0 Å². The van der Waals surface area contributed by atoms with E-state index in [0.717, 1.165) is 33.9 Å². The van der Waals surface area contributed by atoms with Crippen molar-refractivity contribution in [2.24, 2.45) is 5.73 Å². The molecule has 0 amide bonds. The summed E-state index contributed by atoms with van der Waals surface area (Å²) in [7, 11) is 3.33. The number of thiophene rings is 1. The Bertz CT molecular complexity index is 915. The molecule has 0 spiro atoms. The van der Waals surface area contributed by atoms with Crippen LogP contribution < -0.4 is 15.2 Å². The van der Waals surface area contributed by atoms with Crippen molar-refractivity contribution in [3.8, 4) is 11.5 Å². The average Bonchev–Trinajstić information content (AvgIpc) is 2.93. The highest BCUT2D eigenvalue weighted by Crippen LogP contribution is 2.35. The summed E-state index contributed by atoms with van der Waals surface area (Å²) in [6.45, 7) is 2.09. The lowest BCUT2D eigenvalue weighted by atomic mass is 9.98. The van der Waals surface area contributed by atoms with Crippen molar-refractivity contribution in [1.29, 1.82) is 0 Å². The highest BCUT2D eigenvalue weighted by atomic mass is 32.1. The largest absolute Gasteiger partial charge is 0.497 e. The second-order valence-electron chi connectivity index (χ2n) is 5.57. The quantitative estimate of drug-likeness (QED) is 0.685. The molecule has 0 aliphatic heterocycles. The van der Waals surface area contributed by atoms with E-state index in [9.17, 15) is 0 Å². The Kier molecular flexibility index (Phi) is 4.73. The number of methoxy groups -OCH3 is 2. The molecule has 3 rings (SSSR count). The van der Waals surface area contributed by atoms with Gasteiger partial charge >= 0.3 is 0 Å². The fourth-order valence-electron chi connectivity index (χ4n) is 2.97. The molecule has 3 aromatic rings. The molecule has 0 aliphatic carbocycles. The third-order valence-corrected chi connectivity index (χ3v) is 5.76. The zero-order valence-electron chi connectivity index (χ0n) is 13.9. The van der Waals surface area contributed by atoms with E-state index in [2.05, 4.69) is 25.1 Å². The molecular weight excluding hydrogens is 338 g/mol. The maximum absolute atomic E-state index is 5.87. The Morgan fingerprint density at radius 2 is 1.92 bits per heavy atom. The first-order valence-electron chi connectivity index (χ1n) is 7.56. The van der Waals surface area contributed by atoms with Crippen LogP contribution in [0.25, 0.3) is 10.1 Å². The fraction of sp³-hybridized carbons (Fsp3) is 0.211. The van der Waals surface area contributed by atoms with Crippen molar-refractivity contribution in [3.63, 3.8) is 0 Å². The lowest BCUT2D eigenvalue weighted by molar-refractivity contribution is 0.391. The van der Waals surface area contributed by atoms with Crippen LogP contribution in [-0.4, -0.2) is 19.2 Å². The van der Waals surface area contributed by atoms with Crippen LogP contribution in [0, 0.1) is 6.92 Å². The zero-order valence-corrected chi connectivity index (χ0v) is 15.5. The maximum atomic E-state index is 5.87.